The van der Waals surface area contributed by atoms with Gasteiger partial charge >= 0.3 is 0 Å². The zero-order valence-corrected chi connectivity index (χ0v) is 16.3. The lowest BCUT2D eigenvalue weighted by atomic mass is 9.93. The maximum Gasteiger partial charge on any atom is 0.225 e. The molecule has 0 spiro atoms. The Morgan fingerprint density at radius 2 is 1.52 bits per heavy atom. The van der Waals surface area contributed by atoms with E-state index in [1.165, 1.54) is 33.4 Å². The molecule has 0 aliphatic carbocycles. The van der Waals surface area contributed by atoms with Crippen molar-refractivity contribution in [2.45, 2.75) is 59.7 Å². The van der Waals surface area contributed by atoms with Gasteiger partial charge in [-0.25, -0.2) is 0 Å². The van der Waals surface area contributed by atoms with Gasteiger partial charge in [-0.2, -0.15) is 0 Å². The standard InChI is InChI=1S/C21H28OSi/c1-7-23(8-2)19-13-15(4)12-17(6)20(19)21(22-23)18-10-9-14(3)11-16(18)5/h9-13,21H,7-8H2,1-6H3. The minimum Gasteiger partial charge on any atom is -0.401 e. The molecule has 0 fully saturated rings. The summed E-state index contributed by atoms with van der Waals surface area (Å²) >= 11 is 0. The molecule has 1 nitrogen and oxygen atoms in total. The second kappa shape index (κ2) is 5.92. The lowest BCUT2D eigenvalue weighted by Crippen LogP contribution is -2.45. The summed E-state index contributed by atoms with van der Waals surface area (Å²) in [4.78, 5) is 0. The average Bonchev–Trinajstić information content (AvgIpc) is 2.82. The van der Waals surface area contributed by atoms with Gasteiger partial charge in [0, 0.05) is 0 Å². The largest absolute Gasteiger partial charge is 0.401 e. The number of hydrogen-bond acceptors (Lipinski definition) is 1. The smallest absolute Gasteiger partial charge is 0.225 e. The minimum absolute atomic E-state index is 0.123. The fourth-order valence-corrected chi connectivity index (χ4v) is 7.92. The molecule has 0 N–H and O–H groups in total. The molecule has 0 saturated carbocycles. The van der Waals surface area contributed by atoms with Crippen LogP contribution in [0.4, 0.5) is 0 Å². The first-order chi connectivity index (χ1) is 10.9. The Balaban J connectivity index is 2.23. The normalized spacial score (nSPS) is 19.0. The van der Waals surface area contributed by atoms with Crippen LogP contribution in [0, 0.1) is 27.7 Å². The first-order valence-corrected chi connectivity index (χ1v) is 11.1. The summed E-state index contributed by atoms with van der Waals surface area (Å²) in [7, 11) is -1.85. The van der Waals surface area contributed by atoms with Crippen molar-refractivity contribution >= 4 is 13.5 Å². The highest BCUT2D eigenvalue weighted by Crippen LogP contribution is 2.41. The Bertz CT molecular complexity index is 744. The van der Waals surface area contributed by atoms with Gasteiger partial charge in [0.05, 0.1) is 6.10 Å². The monoisotopic (exact) mass is 324 g/mol. The molecule has 1 unspecified atom stereocenters. The van der Waals surface area contributed by atoms with Gasteiger partial charge in [0.1, 0.15) is 0 Å². The fraction of sp³-hybridized carbons (Fsp3) is 0.429. The lowest BCUT2D eigenvalue weighted by Gasteiger charge is -2.26. The van der Waals surface area contributed by atoms with Crippen molar-refractivity contribution in [1.82, 2.24) is 0 Å². The molecule has 0 aromatic heterocycles. The highest BCUT2D eigenvalue weighted by Gasteiger charge is 2.46. The number of benzene rings is 2. The van der Waals surface area contributed by atoms with E-state index < -0.39 is 8.32 Å². The van der Waals surface area contributed by atoms with Crippen molar-refractivity contribution in [2.75, 3.05) is 0 Å². The Hall–Kier alpha value is -1.38. The Labute approximate surface area is 141 Å². The highest BCUT2D eigenvalue weighted by atomic mass is 28.4. The van der Waals surface area contributed by atoms with E-state index in [1.54, 1.807) is 5.19 Å². The predicted octanol–water partition coefficient (Wildman–Crippen LogP) is 5.23. The topological polar surface area (TPSA) is 9.23 Å². The molecule has 2 heteroatoms. The van der Waals surface area contributed by atoms with Crippen LogP contribution in [0.25, 0.3) is 0 Å². The van der Waals surface area contributed by atoms with Crippen LogP contribution in [-0.4, -0.2) is 8.32 Å². The molecular weight excluding hydrogens is 296 g/mol. The SMILES string of the molecule is CC[Si]1(CC)OC(c2ccc(C)cc2C)c2c(C)cc(C)cc21. The average molecular weight is 325 g/mol. The van der Waals surface area contributed by atoms with Crippen molar-refractivity contribution < 1.29 is 4.43 Å². The quantitative estimate of drug-likeness (QED) is 0.702. The molecule has 1 atom stereocenters. The summed E-state index contributed by atoms with van der Waals surface area (Å²) < 4.78 is 6.90. The first kappa shape index (κ1) is 16.5. The van der Waals surface area contributed by atoms with Crippen LogP contribution in [-0.2, 0) is 4.43 Å². The van der Waals surface area contributed by atoms with Crippen molar-refractivity contribution in [3.05, 3.63) is 63.7 Å². The van der Waals surface area contributed by atoms with Gasteiger partial charge in [0.25, 0.3) is 0 Å². The van der Waals surface area contributed by atoms with Gasteiger partial charge in [-0.05, 0) is 67.2 Å². The molecule has 1 aliphatic rings. The second-order valence-electron chi connectivity index (χ2n) is 7.10. The molecular formula is C21H28OSi. The van der Waals surface area contributed by atoms with Crippen LogP contribution in [0.2, 0.25) is 12.1 Å². The van der Waals surface area contributed by atoms with E-state index in [2.05, 4.69) is 71.9 Å². The minimum atomic E-state index is -1.85. The van der Waals surface area contributed by atoms with E-state index in [0.29, 0.717) is 0 Å². The molecule has 3 rings (SSSR count). The molecule has 1 aliphatic heterocycles. The highest BCUT2D eigenvalue weighted by molar-refractivity contribution is 6.87. The number of fused-ring (bicyclic) bond motifs is 1. The molecule has 0 radical (unpaired) electrons. The summed E-state index contributed by atoms with van der Waals surface area (Å²) in [5, 5.41) is 1.55. The zero-order chi connectivity index (χ0) is 16.8. The van der Waals surface area contributed by atoms with Crippen LogP contribution in [0.1, 0.15) is 53.3 Å². The number of aryl methyl sites for hydroxylation is 4. The third kappa shape index (κ3) is 2.58. The van der Waals surface area contributed by atoms with Crippen molar-refractivity contribution in [3.63, 3.8) is 0 Å². The van der Waals surface area contributed by atoms with Crippen LogP contribution in [0.5, 0.6) is 0 Å². The third-order valence-corrected chi connectivity index (χ3v) is 9.84. The second-order valence-corrected chi connectivity index (χ2v) is 11.3. The van der Waals surface area contributed by atoms with Crippen LogP contribution in [0.15, 0.2) is 30.3 Å². The maximum atomic E-state index is 6.90. The van der Waals surface area contributed by atoms with Crippen LogP contribution >= 0.6 is 0 Å². The van der Waals surface area contributed by atoms with E-state index in [1.807, 2.05) is 0 Å². The van der Waals surface area contributed by atoms with E-state index in [-0.39, 0.29) is 6.10 Å². The van der Waals surface area contributed by atoms with Crippen molar-refractivity contribution in [1.29, 1.82) is 0 Å². The maximum absolute atomic E-state index is 6.90. The van der Waals surface area contributed by atoms with E-state index in [9.17, 15) is 0 Å². The van der Waals surface area contributed by atoms with Gasteiger partial charge < -0.3 is 4.43 Å². The third-order valence-electron chi connectivity index (χ3n) is 5.48. The molecule has 0 bridgehead atoms. The van der Waals surface area contributed by atoms with Crippen LogP contribution in [0.3, 0.4) is 0 Å². The van der Waals surface area contributed by atoms with Crippen molar-refractivity contribution in [3.8, 4) is 0 Å². The predicted molar refractivity (Wildman–Crippen MR) is 101 cm³/mol. The number of rotatable bonds is 3. The summed E-state index contributed by atoms with van der Waals surface area (Å²) in [6.07, 6.45) is 0.123. The van der Waals surface area contributed by atoms with E-state index >= 15 is 0 Å². The van der Waals surface area contributed by atoms with Gasteiger partial charge in [0.15, 0.2) is 0 Å². The molecule has 0 amide bonds. The molecule has 2 aromatic carbocycles. The Morgan fingerprint density at radius 3 is 2.13 bits per heavy atom. The van der Waals surface area contributed by atoms with E-state index in [0.717, 1.165) is 12.1 Å². The summed E-state index contributed by atoms with van der Waals surface area (Å²) in [5.41, 5.74) is 8.22. The van der Waals surface area contributed by atoms with Crippen molar-refractivity contribution in [2.24, 2.45) is 0 Å². The first-order valence-electron chi connectivity index (χ1n) is 8.78. The van der Waals surface area contributed by atoms with Gasteiger partial charge in [0.2, 0.25) is 8.32 Å². The van der Waals surface area contributed by atoms with Gasteiger partial charge in [-0.3, -0.25) is 0 Å². The molecule has 2 aromatic rings. The van der Waals surface area contributed by atoms with Crippen LogP contribution < -0.4 is 5.19 Å². The summed E-state index contributed by atoms with van der Waals surface area (Å²) in [6, 6.07) is 13.8. The summed E-state index contributed by atoms with van der Waals surface area (Å²) in [6.45, 7) is 13.5. The van der Waals surface area contributed by atoms with E-state index in [4.69, 9.17) is 4.43 Å². The van der Waals surface area contributed by atoms with Gasteiger partial charge in [-0.15, -0.1) is 0 Å². The fourth-order valence-electron chi connectivity index (χ4n) is 4.19. The summed E-state index contributed by atoms with van der Waals surface area (Å²) in [5.74, 6) is 0. The van der Waals surface area contributed by atoms with Gasteiger partial charge in [-0.1, -0.05) is 55.3 Å². The molecule has 122 valence electrons. The lowest BCUT2D eigenvalue weighted by molar-refractivity contribution is 0.251. The molecule has 23 heavy (non-hydrogen) atoms. The number of hydrogen-bond donors (Lipinski definition) is 0. The molecule has 0 saturated heterocycles. The molecule has 1 heterocycles. The Kier molecular flexibility index (Phi) is 4.24. The Morgan fingerprint density at radius 1 is 0.870 bits per heavy atom. The zero-order valence-electron chi connectivity index (χ0n) is 15.3.